The average Bonchev–Trinajstić information content (AvgIpc) is 2.97. The van der Waals surface area contributed by atoms with E-state index in [2.05, 4.69) is 14.8 Å². The second kappa shape index (κ2) is 7.41. The predicted octanol–water partition coefficient (Wildman–Crippen LogP) is 1.20. The highest BCUT2D eigenvalue weighted by Crippen LogP contribution is 2.22. The van der Waals surface area contributed by atoms with Gasteiger partial charge < -0.3 is 19.0 Å². The van der Waals surface area contributed by atoms with Crippen LogP contribution in [0.2, 0.25) is 0 Å². The van der Waals surface area contributed by atoms with E-state index in [0.717, 1.165) is 50.4 Å². The number of piperazine rings is 1. The van der Waals surface area contributed by atoms with Crippen LogP contribution in [0.25, 0.3) is 11.1 Å². The summed E-state index contributed by atoms with van der Waals surface area (Å²) in [6.45, 7) is 7.30. The zero-order chi connectivity index (χ0) is 17.1. The second-order valence-electron chi connectivity index (χ2n) is 6.54. The molecule has 4 rings (SSSR count). The largest absolute Gasteiger partial charge is 0.423 e. The maximum atomic E-state index is 12.0. The normalized spacial score (nSPS) is 20.2. The zero-order valence-corrected chi connectivity index (χ0v) is 14.4. The van der Waals surface area contributed by atoms with Crippen molar-refractivity contribution in [2.75, 3.05) is 63.9 Å². The number of hydrogen-bond acceptors (Lipinski definition) is 6. The monoisotopic (exact) mass is 344 g/mol. The first kappa shape index (κ1) is 16.4. The number of aromatic nitrogens is 1. The van der Waals surface area contributed by atoms with Crippen LogP contribution in [0.1, 0.15) is 6.42 Å². The number of oxazole rings is 1. The summed E-state index contributed by atoms with van der Waals surface area (Å²) in [7, 11) is 0. The van der Waals surface area contributed by atoms with Crippen molar-refractivity contribution < 1.29 is 13.9 Å². The van der Waals surface area contributed by atoms with Crippen molar-refractivity contribution in [3.05, 3.63) is 24.3 Å². The molecular formula is C18H24N4O3. The molecule has 25 heavy (non-hydrogen) atoms. The number of anilines is 1. The van der Waals surface area contributed by atoms with Crippen LogP contribution in [-0.2, 0) is 9.53 Å². The molecule has 0 unspecified atom stereocenters. The molecule has 2 aromatic rings. The second-order valence-corrected chi connectivity index (χ2v) is 6.54. The number of para-hydroxylation sites is 2. The van der Waals surface area contributed by atoms with Gasteiger partial charge in [-0.3, -0.25) is 9.69 Å². The van der Waals surface area contributed by atoms with E-state index in [-0.39, 0.29) is 5.91 Å². The number of benzene rings is 1. The molecule has 1 aromatic carbocycles. The van der Waals surface area contributed by atoms with Crippen LogP contribution in [0.3, 0.4) is 0 Å². The van der Waals surface area contributed by atoms with Gasteiger partial charge >= 0.3 is 0 Å². The molecule has 0 radical (unpaired) electrons. The molecule has 0 N–H and O–H groups in total. The summed E-state index contributed by atoms with van der Waals surface area (Å²) in [6.07, 6.45) is 0.505. The first-order valence-corrected chi connectivity index (χ1v) is 8.98. The Labute approximate surface area is 147 Å². The van der Waals surface area contributed by atoms with Crippen molar-refractivity contribution >= 4 is 23.0 Å². The molecule has 0 bridgehead atoms. The third kappa shape index (κ3) is 3.77. The van der Waals surface area contributed by atoms with Gasteiger partial charge in [0.1, 0.15) is 5.52 Å². The van der Waals surface area contributed by atoms with E-state index in [1.807, 2.05) is 29.2 Å². The Hall–Kier alpha value is -2.12. The highest BCUT2D eigenvalue weighted by Gasteiger charge is 2.22. The van der Waals surface area contributed by atoms with Crippen LogP contribution < -0.4 is 4.90 Å². The fourth-order valence-corrected chi connectivity index (χ4v) is 3.38. The van der Waals surface area contributed by atoms with E-state index in [1.165, 1.54) is 0 Å². The van der Waals surface area contributed by atoms with Crippen molar-refractivity contribution in [3.63, 3.8) is 0 Å². The summed E-state index contributed by atoms with van der Waals surface area (Å²) in [5, 5.41) is 0. The summed E-state index contributed by atoms with van der Waals surface area (Å²) in [5.41, 5.74) is 1.74. The Morgan fingerprint density at radius 1 is 1.00 bits per heavy atom. The lowest BCUT2D eigenvalue weighted by Crippen LogP contribution is -2.49. The summed E-state index contributed by atoms with van der Waals surface area (Å²) >= 11 is 0. The predicted molar refractivity (Wildman–Crippen MR) is 94.7 cm³/mol. The summed E-state index contributed by atoms with van der Waals surface area (Å²) in [6, 6.07) is 8.57. The minimum Gasteiger partial charge on any atom is -0.423 e. The van der Waals surface area contributed by atoms with E-state index in [9.17, 15) is 4.79 Å². The van der Waals surface area contributed by atoms with Crippen molar-refractivity contribution in [2.24, 2.45) is 0 Å². The standard InChI is InChI=1S/C18H24N4O3/c23-17-5-13-24-14-12-21(17)9-6-20-7-10-22(11-8-20)18-19-15-3-1-2-4-16(15)25-18/h1-4H,5-14H2. The van der Waals surface area contributed by atoms with Crippen molar-refractivity contribution in [1.82, 2.24) is 14.8 Å². The Kier molecular flexibility index (Phi) is 4.85. The molecule has 1 amide bonds. The zero-order valence-electron chi connectivity index (χ0n) is 14.4. The van der Waals surface area contributed by atoms with Gasteiger partial charge in [-0.15, -0.1) is 0 Å². The van der Waals surface area contributed by atoms with Crippen molar-refractivity contribution in [2.45, 2.75) is 6.42 Å². The van der Waals surface area contributed by atoms with E-state index in [0.29, 0.717) is 32.2 Å². The minimum absolute atomic E-state index is 0.211. The third-order valence-electron chi connectivity index (χ3n) is 4.93. The molecule has 2 aliphatic heterocycles. The molecule has 134 valence electrons. The Morgan fingerprint density at radius 2 is 1.84 bits per heavy atom. The van der Waals surface area contributed by atoms with Gasteiger partial charge in [-0.1, -0.05) is 12.1 Å². The lowest BCUT2D eigenvalue weighted by Gasteiger charge is -2.34. The summed E-state index contributed by atoms with van der Waals surface area (Å²) < 4.78 is 11.2. The maximum Gasteiger partial charge on any atom is 0.298 e. The molecule has 7 heteroatoms. The molecule has 0 aliphatic carbocycles. The highest BCUT2D eigenvalue weighted by molar-refractivity contribution is 5.76. The van der Waals surface area contributed by atoms with Gasteiger partial charge in [0, 0.05) is 45.8 Å². The molecule has 2 saturated heterocycles. The smallest absolute Gasteiger partial charge is 0.298 e. The fraction of sp³-hybridized carbons (Fsp3) is 0.556. The molecule has 3 heterocycles. The van der Waals surface area contributed by atoms with Gasteiger partial charge in [0.25, 0.3) is 6.01 Å². The van der Waals surface area contributed by atoms with Gasteiger partial charge in [-0.2, -0.15) is 4.98 Å². The first-order chi connectivity index (χ1) is 12.3. The maximum absolute atomic E-state index is 12.0. The number of carbonyl (C=O) groups is 1. The fourth-order valence-electron chi connectivity index (χ4n) is 3.38. The van der Waals surface area contributed by atoms with E-state index in [1.54, 1.807) is 0 Å². The lowest BCUT2D eigenvalue weighted by atomic mass is 10.3. The first-order valence-electron chi connectivity index (χ1n) is 8.98. The van der Waals surface area contributed by atoms with Gasteiger partial charge in [0.15, 0.2) is 5.58 Å². The Morgan fingerprint density at radius 3 is 2.68 bits per heavy atom. The number of ether oxygens (including phenoxy) is 1. The lowest BCUT2D eigenvalue weighted by molar-refractivity contribution is -0.130. The van der Waals surface area contributed by atoms with Crippen LogP contribution in [0.15, 0.2) is 28.7 Å². The number of nitrogens with zero attached hydrogens (tertiary/aromatic N) is 4. The van der Waals surface area contributed by atoms with Crippen LogP contribution in [-0.4, -0.2) is 79.7 Å². The van der Waals surface area contributed by atoms with Crippen LogP contribution >= 0.6 is 0 Å². The van der Waals surface area contributed by atoms with Crippen molar-refractivity contribution in [1.29, 1.82) is 0 Å². The van der Waals surface area contributed by atoms with Gasteiger partial charge in [-0.05, 0) is 12.1 Å². The minimum atomic E-state index is 0.211. The third-order valence-corrected chi connectivity index (χ3v) is 4.93. The molecule has 0 saturated carbocycles. The van der Waals surface area contributed by atoms with E-state index >= 15 is 0 Å². The van der Waals surface area contributed by atoms with Crippen LogP contribution in [0, 0.1) is 0 Å². The molecule has 0 atom stereocenters. The highest BCUT2D eigenvalue weighted by atomic mass is 16.5. The van der Waals surface area contributed by atoms with E-state index < -0.39 is 0 Å². The molecular weight excluding hydrogens is 320 g/mol. The molecule has 2 aliphatic rings. The average molecular weight is 344 g/mol. The van der Waals surface area contributed by atoms with Crippen LogP contribution in [0.4, 0.5) is 6.01 Å². The van der Waals surface area contributed by atoms with Gasteiger partial charge in [0.05, 0.1) is 19.6 Å². The quantitative estimate of drug-likeness (QED) is 0.831. The summed E-state index contributed by atoms with van der Waals surface area (Å²) in [5.74, 6) is 0.211. The number of rotatable bonds is 4. The molecule has 1 aromatic heterocycles. The molecule has 0 spiro atoms. The topological polar surface area (TPSA) is 62.1 Å². The number of hydrogen-bond donors (Lipinski definition) is 0. The van der Waals surface area contributed by atoms with Crippen molar-refractivity contribution in [3.8, 4) is 0 Å². The Balaban J connectivity index is 1.28. The van der Waals surface area contributed by atoms with E-state index in [4.69, 9.17) is 9.15 Å². The summed E-state index contributed by atoms with van der Waals surface area (Å²) in [4.78, 5) is 23.1. The number of fused-ring (bicyclic) bond motifs is 1. The molecule has 2 fully saturated rings. The van der Waals surface area contributed by atoms with Gasteiger partial charge in [-0.25, -0.2) is 0 Å². The van der Waals surface area contributed by atoms with Gasteiger partial charge in [0.2, 0.25) is 5.91 Å². The van der Waals surface area contributed by atoms with Crippen LogP contribution in [0.5, 0.6) is 0 Å². The molecule has 7 nitrogen and oxygen atoms in total. The SMILES string of the molecule is O=C1CCOCCN1CCN1CCN(c2nc3ccccc3o2)CC1. The Bertz CT molecular complexity index is 691. The number of carbonyl (C=O) groups excluding carboxylic acids is 1. The number of amides is 1.